The molecule has 1 aliphatic rings. The molecule has 1 aromatic heterocycles. The van der Waals surface area contributed by atoms with Crippen LogP contribution in [0.25, 0.3) is 10.9 Å². The van der Waals surface area contributed by atoms with E-state index < -0.39 is 0 Å². The Kier molecular flexibility index (Phi) is 2.98. The number of fused-ring (bicyclic) bond motifs is 1. The summed E-state index contributed by atoms with van der Waals surface area (Å²) >= 11 is 0. The number of H-pyrrole nitrogens is 1. The topological polar surface area (TPSA) is 58.2 Å². The first-order valence-electron chi connectivity index (χ1n) is 6.53. The zero-order chi connectivity index (χ0) is 13.4. The number of carbonyl (C=O) groups excluding carboxylic acids is 1. The van der Waals surface area contributed by atoms with E-state index in [-0.39, 0.29) is 18.1 Å². The SMILES string of the molecule is C[C@@H]1CN(C(=O)c2n[nH]c3ccccc23)C[C@H](C)O1. The quantitative estimate of drug-likeness (QED) is 0.849. The highest BCUT2D eigenvalue weighted by Gasteiger charge is 2.28. The van der Waals surface area contributed by atoms with Crippen LogP contribution in [0.1, 0.15) is 24.3 Å². The zero-order valence-corrected chi connectivity index (χ0v) is 11.1. The van der Waals surface area contributed by atoms with Crippen LogP contribution in [-0.4, -0.2) is 46.3 Å². The van der Waals surface area contributed by atoms with Crippen LogP contribution in [0.5, 0.6) is 0 Å². The summed E-state index contributed by atoms with van der Waals surface area (Å²) in [6.45, 7) is 5.20. The first kappa shape index (κ1) is 12.2. The molecule has 1 fully saturated rings. The largest absolute Gasteiger partial charge is 0.372 e. The summed E-state index contributed by atoms with van der Waals surface area (Å²) in [6.07, 6.45) is 0.135. The minimum atomic E-state index is -0.0283. The smallest absolute Gasteiger partial charge is 0.275 e. The molecule has 5 heteroatoms. The number of rotatable bonds is 1. The van der Waals surface area contributed by atoms with Gasteiger partial charge in [-0.1, -0.05) is 18.2 Å². The van der Waals surface area contributed by atoms with E-state index in [2.05, 4.69) is 10.2 Å². The number of amides is 1. The van der Waals surface area contributed by atoms with Crippen molar-refractivity contribution in [2.24, 2.45) is 0 Å². The van der Waals surface area contributed by atoms with Crippen LogP contribution < -0.4 is 0 Å². The molecule has 0 spiro atoms. The molecule has 2 atom stereocenters. The van der Waals surface area contributed by atoms with Gasteiger partial charge in [-0.25, -0.2) is 0 Å². The second-order valence-corrected chi connectivity index (χ2v) is 5.09. The van der Waals surface area contributed by atoms with Crippen molar-refractivity contribution in [2.75, 3.05) is 13.1 Å². The maximum atomic E-state index is 12.6. The van der Waals surface area contributed by atoms with E-state index >= 15 is 0 Å². The molecule has 0 aliphatic carbocycles. The van der Waals surface area contributed by atoms with Crippen molar-refractivity contribution < 1.29 is 9.53 Å². The second kappa shape index (κ2) is 4.66. The van der Waals surface area contributed by atoms with Gasteiger partial charge in [0.2, 0.25) is 0 Å². The van der Waals surface area contributed by atoms with Gasteiger partial charge < -0.3 is 9.64 Å². The first-order valence-corrected chi connectivity index (χ1v) is 6.53. The number of nitrogens with zero attached hydrogens (tertiary/aromatic N) is 2. The van der Waals surface area contributed by atoms with Gasteiger partial charge in [0.05, 0.1) is 17.7 Å². The van der Waals surface area contributed by atoms with Crippen molar-refractivity contribution >= 4 is 16.8 Å². The van der Waals surface area contributed by atoms with E-state index in [0.29, 0.717) is 18.8 Å². The molecule has 0 unspecified atom stereocenters. The number of carbonyl (C=O) groups is 1. The second-order valence-electron chi connectivity index (χ2n) is 5.09. The van der Waals surface area contributed by atoms with Crippen molar-refractivity contribution in [3.8, 4) is 0 Å². The summed E-state index contributed by atoms with van der Waals surface area (Å²) in [6, 6.07) is 7.68. The van der Waals surface area contributed by atoms with Gasteiger partial charge in [0, 0.05) is 18.5 Å². The van der Waals surface area contributed by atoms with E-state index in [0.717, 1.165) is 10.9 Å². The third-order valence-corrected chi connectivity index (χ3v) is 3.38. The highest BCUT2D eigenvalue weighted by Crippen LogP contribution is 2.19. The van der Waals surface area contributed by atoms with Crippen molar-refractivity contribution in [3.05, 3.63) is 30.0 Å². The summed E-state index contributed by atoms with van der Waals surface area (Å²) in [5, 5.41) is 7.94. The lowest BCUT2D eigenvalue weighted by atomic mass is 10.1. The fourth-order valence-corrected chi connectivity index (χ4v) is 2.62. The van der Waals surface area contributed by atoms with E-state index in [1.807, 2.05) is 43.0 Å². The molecule has 2 aromatic rings. The normalized spacial score (nSPS) is 23.8. The Morgan fingerprint density at radius 2 is 2.00 bits per heavy atom. The molecule has 1 aromatic carbocycles. The minimum Gasteiger partial charge on any atom is -0.372 e. The summed E-state index contributed by atoms with van der Waals surface area (Å²) in [4.78, 5) is 14.4. The lowest BCUT2D eigenvalue weighted by molar-refractivity contribution is -0.0587. The van der Waals surface area contributed by atoms with E-state index in [1.54, 1.807) is 0 Å². The van der Waals surface area contributed by atoms with Crippen molar-refractivity contribution in [1.82, 2.24) is 15.1 Å². The third-order valence-electron chi connectivity index (χ3n) is 3.38. The Balaban J connectivity index is 1.91. The molecule has 1 N–H and O–H groups in total. The van der Waals surface area contributed by atoms with Gasteiger partial charge >= 0.3 is 0 Å². The lowest BCUT2D eigenvalue weighted by Gasteiger charge is -2.34. The fraction of sp³-hybridized carbons (Fsp3) is 0.429. The molecule has 0 bridgehead atoms. The monoisotopic (exact) mass is 259 g/mol. The van der Waals surface area contributed by atoms with Crippen molar-refractivity contribution in [3.63, 3.8) is 0 Å². The fourth-order valence-electron chi connectivity index (χ4n) is 2.62. The standard InChI is InChI=1S/C14H17N3O2/c1-9-7-17(8-10(2)19-9)14(18)13-11-5-3-4-6-12(11)15-16-13/h3-6,9-10H,7-8H2,1-2H3,(H,15,16)/t9-,10+. The molecule has 1 saturated heterocycles. The summed E-state index contributed by atoms with van der Waals surface area (Å²) < 4.78 is 5.65. The number of nitrogens with one attached hydrogen (secondary N) is 1. The molecular weight excluding hydrogens is 242 g/mol. The number of morpholine rings is 1. The average molecular weight is 259 g/mol. The molecular formula is C14H17N3O2. The van der Waals surface area contributed by atoms with Crippen LogP contribution in [0.3, 0.4) is 0 Å². The van der Waals surface area contributed by atoms with Gasteiger partial charge in [-0.05, 0) is 19.9 Å². The average Bonchev–Trinajstić information content (AvgIpc) is 2.80. The van der Waals surface area contributed by atoms with E-state index in [1.165, 1.54) is 0 Å². The summed E-state index contributed by atoms with van der Waals surface area (Å²) in [5.41, 5.74) is 1.39. The van der Waals surface area contributed by atoms with Crippen LogP contribution in [0.2, 0.25) is 0 Å². The molecule has 19 heavy (non-hydrogen) atoms. The highest BCUT2D eigenvalue weighted by atomic mass is 16.5. The van der Waals surface area contributed by atoms with Crippen LogP contribution in [0, 0.1) is 0 Å². The Labute approximate surface area is 111 Å². The van der Waals surface area contributed by atoms with Gasteiger partial charge in [-0.15, -0.1) is 0 Å². The Morgan fingerprint density at radius 1 is 1.32 bits per heavy atom. The molecule has 0 saturated carbocycles. The maximum Gasteiger partial charge on any atom is 0.275 e. The van der Waals surface area contributed by atoms with Gasteiger partial charge in [0.1, 0.15) is 0 Å². The zero-order valence-electron chi connectivity index (χ0n) is 11.1. The van der Waals surface area contributed by atoms with Gasteiger partial charge in [0.25, 0.3) is 5.91 Å². The van der Waals surface area contributed by atoms with Crippen LogP contribution >= 0.6 is 0 Å². The van der Waals surface area contributed by atoms with Crippen molar-refractivity contribution in [2.45, 2.75) is 26.1 Å². The summed E-state index contributed by atoms with van der Waals surface area (Å²) in [7, 11) is 0. The van der Waals surface area contributed by atoms with Crippen LogP contribution in [0.15, 0.2) is 24.3 Å². The lowest BCUT2D eigenvalue weighted by Crippen LogP contribution is -2.48. The molecule has 5 nitrogen and oxygen atoms in total. The van der Waals surface area contributed by atoms with Gasteiger partial charge in [0.15, 0.2) is 5.69 Å². The Morgan fingerprint density at radius 3 is 2.74 bits per heavy atom. The number of hydrogen-bond donors (Lipinski definition) is 1. The number of para-hydroxylation sites is 1. The third kappa shape index (κ3) is 2.21. The number of aromatic amines is 1. The molecule has 2 heterocycles. The van der Waals surface area contributed by atoms with E-state index in [4.69, 9.17) is 4.74 Å². The highest BCUT2D eigenvalue weighted by molar-refractivity contribution is 6.04. The number of aromatic nitrogens is 2. The number of benzene rings is 1. The molecule has 1 amide bonds. The predicted octanol–water partition coefficient (Wildman–Crippen LogP) is 1.81. The molecule has 3 rings (SSSR count). The summed E-state index contributed by atoms with van der Waals surface area (Å²) in [5.74, 6) is -0.0283. The van der Waals surface area contributed by atoms with E-state index in [9.17, 15) is 4.79 Å². The molecule has 100 valence electrons. The number of hydrogen-bond acceptors (Lipinski definition) is 3. The Hall–Kier alpha value is -1.88. The van der Waals surface area contributed by atoms with Crippen molar-refractivity contribution in [1.29, 1.82) is 0 Å². The maximum absolute atomic E-state index is 12.6. The molecule has 1 aliphatic heterocycles. The number of ether oxygens (including phenoxy) is 1. The van der Waals surface area contributed by atoms with Crippen LogP contribution in [-0.2, 0) is 4.74 Å². The first-order chi connectivity index (χ1) is 9.15. The van der Waals surface area contributed by atoms with Crippen LogP contribution in [0.4, 0.5) is 0 Å². The minimum absolute atomic E-state index is 0.0283. The predicted molar refractivity (Wildman–Crippen MR) is 72.0 cm³/mol. The Bertz CT molecular complexity index is 598. The van der Waals surface area contributed by atoms with Gasteiger partial charge in [-0.2, -0.15) is 5.10 Å². The van der Waals surface area contributed by atoms with Gasteiger partial charge in [-0.3, -0.25) is 9.89 Å². The molecule has 0 radical (unpaired) electrons.